The molecule has 1 atom stereocenters. The van der Waals surface area contributed by atoms with Crippen LogP contribution in [0.4, 0.5) is 5.69 Å². The highest BCUT2D eigenvalue weighted by atomic mass is 79.9. The summed E-state index contributed by atoms with van der Waals surface area (Å²) in [7, 11) is 1.38. The maximum Gasteiger partial charge on any atom is 0.340 e. The number of anilines is 1. The van der Waals surface area contributed by atoms with Crippen molar-refractivity contribution >= 4 is 70.8 Å². The zero-order valence-electron chi connectivity index (χ0n) is 11.2. The van der Waals surface area contributed by atoms with Crippen LogP contribution >= 0.6 is 59.1 Å². The first-order valence-corrected chi connectivity index (χ1v) is 9.26. The van der Waals surface area contributed by atoms with Crippen LogP contribution in [0.3, 0.4) is 0 Å². The quantitative estimate of drug-likeness (QED) is 0.527. The molecule has 0 saturated carbocycles. The van der Waals surface area contributed by atoms with E-state index in [1.165, 1.54) is 12.0 Å². The fourth-order valence-corrected chi connectivity index (χ4v) is 4.63. The number of thiophene rings is 1. The van der Waals surface area contributed by atoms with Crippen LogP contribution in [0.2, 0.25) is 0 Å². The molecule has 7 heteroatoms. The van der Waals surface area contributed by atoms with E-state index in [0.717, 1.165) is 19.1 Å². The SMILES string of the molecule is COC(=O)c1cc(Br)cc(Br)c1NC(C)c1cc(Br)cs1. The predicted molar refractivity (Wildman–Crippen MR) is 97.2 cm³/mol. The second-order valence-corrected chi connectivity index (χ2v) is 7.96. The van der Waals surface area contributed by atoms with Gasteiger partial charge in [0.05, 0.1) is 24.4 Å². The number of benzene rings is 1. The van der Waals surface area contributed by atoms with E-state index in [-0.39, 0.29) is 12.0 Å². The molecule has 2 rings (SSSR count). The molecule has 0 aliphatic rings. The number of carbonyl (C=O) groups excluding carboxylic acids is 1. The lowest BCUT2D eigenvalue weighted by atomic mass is 10.1. The molecule has 0 aliphatic carbocycles. The normalized spacial score (nSPS) is 12.0. The Morgan fingerprint density at radius 2 is 1.95 bits per heavy atom. The summed E-state index contributed by atoms with van der Waals surface area (Å²) in [5, 5.41) is 5.40. The third-order valence-electron chi connectivity index (χ3n) is 2.84. The first kappa shape index (κ1) is 17.0. The summed E-state index contributed by atoms with van der Waals surface area (Å²) >= 11 is 12.0. The van der Waals surface area contributed by atoms with Crippen LogP contribution in [0.1, 0.15) is 28.2 Å². The fraction of sp³-hybridized carbons (Fsp3) is 0.214. The van der Waals surface area contributed by atoms with Crippen LogP contribution in [0.5, 0.6) is 0 Å². The van der Waals surface area contributed by atoms with Crippen LogP contribution in [-0.4, -0.2) is 13.1 Å². The minimum Gasteiger partial charge on any atom is -0.465 e. The Morgan fingerprint density at radius 1 is 1.24 bits per heavy atom. The predicted octanol–water partition coefficient (Wildman–Crippen LogP) is 6.00. The number of halogens is 3. The van der Waals surface area contributed by atoms with Gasteiger partial charge >= 0.3 is 5.97 Å². The van der Waals surface area contributed by atoms with Crippen LogP contribution in [-0.2, 0) is 4.74 Å². The second kappa shape index (κ2) is 7.26. The van der Waals surface area contributed by atoms with Crippen LogP contribution < -0.4 is 5.32 Å². The van der Waals surface area contributed by atoms with Gasteiger partial charge in [0.2, 0.25) is 0 Å². The highest BCUT2D eigenvalue weighted by molar-refractivity contribution is 9.11. The molecule has 1 aromatic carbocycles. The van der Waals surface area contributed by atoms with E-state index < -0.39 is 0 Å². The van der Waals surface area contributed by atoms with Crippen molar-refractivity contribution in [2.75, 3.05) is 12.4 Å². The van der Waals surface area contributed by atoms with Gasteiger partial charge in [0.15, 0.2) is 0 Å². The molecule has 0 radical (unpaired) electrons. The zero-order chi connectivity index (χ0) is 15.6. The van der Waals surface area contributed by atoms with Crippen molar-refractivity contribution in [3.63, 3.8) is 0 Å². The van der Waals surface area contributed by atoms with E-state index >= 15 is 0 Å². The number of esters is 1. The van der Waals surface area contributed by atoms with Gasteiger partial charge in [-0.15, -0.1) is 11.3 Å². The summed E-state index contributed by atoms with van der Waals surface area (Å²) in [6.07, 6.45) is 0. The number of rotatable bonds is 4. The van der Waals surface area contributed by atoms with E-state index in [0.29, 0.717) is 5.56 Å². The third-order valence-corrected chi connectivity index (χ3v) is 5.80. The second-order valence-electron chi connectivity index (χ2n) is 4.34. The topological polar surface area (TPSA) is 38.3 Å². The summed E-state index contributed by atoms with van der Waals surface area (Å²) in [5.41, 5.74) is 1.21. The van der Waals surface area contributed by atoms with E-state index in [1.807, 2.05) is 18.4 Å². The van der Waals surface area contributed by atoms with Gasteiger partial charge < -0.3 is 10.1 Å². The lowest BCUT2D eigenvalue weighted by Gasteiger charge is -2.18. The number of hydrogen-bond donors (Lipinski definition) is 1. The molecule has 0 saturated heterocycles. The summed E-state index contributed by atoms with van der Waals surface area (Å²) in [6, 6.07) is 5.77. The van der Waals surface area contributed by atoms with Gasteiger partial charge in [-0.25, -0.2) is 4.79 Å². The van der Waals surface area contributed by atoms with E-state index in [4.69, 9.17) is 4.74 Å². The molecular weight excluding hydrogens is 486 g/mol. The zero-order valence-corrected chi connectivity index (χ0v) is 16.8. The maximum absolute atomic E-state index is 12.0. The summed E-state index contributed by atoms with van der Waals surface area (Å²) < 4.78 is 7.52. The summed E-state index contributed by atoms with van der Waals surface area (Å²) in [5.74, 6) is -0.376. The average Bonchev–Trinajstić information content (AvgIpc) is 2.87. The Hall–Kier alpha value is -0.370. The Bertz CT molecular complexity index is 672. The molecule has 1 heterocycles. The highest BCUT2D eigenvalue weighted by Crippen LogP contribution is 2.35. The third kappa shape index (κ3) is 4.09. The maximum atomic E-state index is 12.0. The highest BCUT2D eigenvalue weighted by Gasteiger charge is 2.18. The summed E-state index contributed by atoms with van der Waals surface area (Å²) in [6.45, 7) is 2.05. The molecule has 3 nitrogen and oxygen atoms in total. The standard InChI is InChI=1S/C14H12Br3NO2S/c1-7(12-5-9(16)6-21-12)18-13-10(14(19)20-2)3-8(15)4-11(13)17/h3-7,18H,1-2H3. The van der Waals surface area contributed by atoms with E-state index in [1.54, 1.807) is 17.4 Å². The average molecular weight is 498 g/mol. The lowest BCUT2D eigenvalue weighted by Crippen LogP contribution is -2.11. The molecule has 21 heavy (non-hydrogen) atoms. The minimum atomic E-state index is -0.376. The van der Waals surface area contributed by atoms with Gasteiger partial charge in [-0.3, -0.25) is 0 Å². The van der Waals surface area contributed by atoms with Crippen molar-refractivity contribution in [1.29, 1.82) is 0 Å². The molecule has 0 spiro atoms. The molecule has 0 fully saturated rings. The molecule has 112 valence electrons. The molecule has 0 bridgehead atoms. The largest absolute Gasteiger partial charge is 0.465 e. The van der Waals surface area contributed by atoms with E-state index in [2.05, 4.69) is 59.2 Å². The van der Waals surface area contributed by atoms with E-state index in [9.17, 15) is 4.79 Å². The van der Waals surface area contributed by atoms with Crippen LogP contribution in [0.25, 0.3) is 0 Å². The van der Waals surface area contributed by atoms with Gasteiger partial charge in [-0.1, -0.05) is 15.9 Å². The van der Waals surface area contributed by atoms with Crippen molar-refractivity contribution in [2.24, 2.45) is 0 Å². The van der Waals surface area contributed by atoms with Crippen molar-refractivity contribution < 1.29 is 9.53 Å². The number of ether oxygens (including phenoxy) is 1. The fourth-order valence-electron chi connectivity index (χ4n) is 1.83. The monoisotopic (exact) mass is 495 g/mol. The Kier molecular flexibility index (Phi) is 5.88. The molecule has 1 aromatic heterocycles. The van der Waals surface area contributed by atoms with Gasteiger partial charge in [0.25, 0.3) is 0 Å². The van der Waals surface area contributed by atoms with Crippen molar-refractivity contribution in [1.82, 2.24) is 0 Å². The van der Waals surface area contributed by atoms with Gasteiger partial charge in [-0.2, -0.15) is 0 Å². The van der Waals surface area contributed by atoms with Crippen molar-refractivity contribution in [2.45, 2.75) is 13.0 Å². The molecule has 0 aliphatic heterocycles. The Morgan fingerprint density at radius 3 is 2.52 bits per heavy atom. The Balaban J connectivity index is 2.36. The first-order chi connectivity index (χ1) is 9.92. The van der Waals surface area contributed by atoms with Gasteiger partial charge in [-0.05, 0) is 57.0 Å². The minimum absolute atomic E-state index is 0.0715. The van der Waals surface area contributed by atoms with Gasteiger partial charge in [0, 0.05) is 23.7 Å². The number of methoxy groups -OCH3 is 1. The smallest absolute Gasteiger partial charge is 0.340 e. The molecule has 0 amide bonds. The van der Waals surface area contributed by atoms with Crippen molar-refractivity contribution in [3.8, 4) is 0 Å². The number of nitrogens with one attached hydrogen (secondary N) is 1. The number of hydrogen-bond acceptors (Lipinski definition) is 4. The molecule has 1 N–H and O–H groups in total. The molecule has 1 unspecified atom stereocenters. The van der Waals surface area contributed by atoms with Crippen molar-refractivity contribution in [3.05, 3.63) is 47.4 Å². The van der Waals surface area contributed by atoms with Gasteiger partial charge in [0.1, 0.15) is 0 Å². The number of carbonyl (C=O) groups is 1. The molecule has 2 aromatic rings. The first-order valence-electron chi connectivity index (χ1n) is 6.00. The summed E-state index contributed by atoms with van der Waals surface area (Å²) in [4.78, 5) is 13.1. The lowest BCUT2D eigenvalue weighted by molar-refractivity contribution is 0.0601. The Labute approximate surface area is 152 Å². The van der Waals surface area contributed by atoms with Crippen LogP contribution in [0.15, 0.2) is 37.0 Å². The van der Waals surface area contributed by atoms with Crippen LogP contribution in [0, 0.1) is 0 Å². The molecular formula is C14H12Br3NO2S.